The lowest BCUT2D eigenvalue weighted by Gasteiger charge is -2.56. The lowest BCUT2D eigenvalue weighted by Crippen LogP contribution is -2.49. The Morgan fingerprint density at radius 3 is 2.12 bits per heavy atom. The first-order valence-electron chi connectivity index (χ1n) is 6.54. The molecule has 0 unspecified atom stereocenters. The van der Waals surface area contributed by atoms with E-state index >= 15 is 0 Å². The summed E-state index contributed by atoms with van der Waals surface area (Å²) in [6, 6.07) is 0. The summed E-state index contributed by atoms with van der Waals surface area (Å²) in [5, 5.41) is 2.74. The van der Waals surface area contributed by atoms with Crippen molar-refractivity contribution in [3.63, 3.8) is 0 Å². The van der Waals surface area contributed by atoms with E-state index in [1.165, 1.54) is 38.5 Å². The Hall–Kier alpha value is -0.180. The van der Waals surface area contributed by atoms with Crippen molar-refractivity contribution in [2.45, 2.75) is 43.3 Å². The van der Waals surface area contributed by atoms with Gasteiger partial charge in [-0.1, -0.05) is 0 Å². The zero-order valence-corrected chi connectivity index (χ0v) is 10.8. The molecular formula is C13H21NOS. The monoisotopic (exact) mass is 239 g/mol. The topological polar surface area (TPSA) is 29.1 Å². The molecule has 0 aromatic carbocycles. The van der Waals surface area contributed by atoms with Gasteiger partial charge in [-0.15, -0.1) is 11.8 Å². The second-order valence-electron chi connectivity index (χ2n) is 6.06. The Kier molecular flexibility index (Phi) is 2.69. The maximum Gasteiger partial charge on any atom is 0.229 e. The molecule has 0 aromatic heterocycles. The quantitative estimate of drug-likeness (QED) is 0.819. The van der Waals surface area contributed by atoms with Crippen LogP contribution in [0.1, 0.15) is 38.5 Å². The van der Waals surface area contributed by atoms with Gasteiger partial charge in [0.05, 0.1) is 5.75 Å². The molecule has 16 heavy (non-hydrogen) atoms. The van der Waals surface area contributed by atoms with E-state index in [0.29, 0.717) is 10.5 Å². The minimum atomic E-state index is 0.195. The van der Waals surface area contributed by atoms with Crippen molar-refractivity contribution in [2.75, 3.05) is 12.8 Å². The normalized spacial score (nSPS) is 44.7. The fourth-order valence-electron chi connectivity index (χ4n) is 4.50. The number of nitrogens with one attached hydrogen (secondary N) is 1. The molecule has 0 spiro atoms. The molecule has 0 heterocycles. The average molecular weight is 239 g/mol. The third kappa shape index (κ3) is 1.87. The summed E-state index contributed by atoms with van der Waals surface area (Å²) in [5.74, 6) is 3.83. The van der Waals surface area contributed by atoms with Crippen molar-refractivity contribution in [3.8, 4) is 0 Å². The molecule has 1 N–H and O–H groups in total. The van der Waals surface area contributed by atoms with Crippen LogP contribution in [0.5, 0.6) is 0 Å². The second kappa shape index (κ2) is 3.94. The Morgan fingerprint density at radius 1 is 1.19 bits per heavy atom. The van der Waals surface area contributed by atoms with Crippen LogP contribution in [-0.2, 0) is 4.79 Å². The molecule has 4 rings (SSSR count). The molecule has 90 valence electrons. The van der Waals surface area contributed by atoms with Gasteiger partial charge in [-0.25, -0.2) is 0 Å². The van der Waals surface area contributed by atoms with Crippen LogP contribution in [-0.4, -0.2) is 23.5 Å². The summed E-state index contributed by atoms with van der Waals surface area (Å²) in [4.78, 5) is 11.4. The first-order valence-corrected chi connectivity index (χ1v) is 7.52. The van der Waals surface area contributed by atoms with Crippen LogP contribution in [0.25, 0.3) is 0 Å². The van der Waals surface area contributed by atoms with Crippen molar-refractivity contribution < 1.29 is 4.79 Å². The van der Waals surface area contributed by atoms with Gasteiger partial charge >= 0.3 is 0 Å². The number of hydrogen-bond donors (Lipinski definition) is 1. The summed E-state index contributed by atoms with van der Waals surface area (Å²) in [6.45, 7) is 0. The van der Waals surface area contributed by atoms with Crippen LogP contribution in [0.3, 0.4) is 0 Å². The smallest absolute Gasteiger partial charge is 0.229 e. The second-order valence-corrected chi connectivity index (χ2v) is 7.51. The van der Waals surface area contributed by atoms with E-state index in [1.807, 2.05) is 11.8 Å². The number of carbonyl (C=O) groups excluding carboxylic acids is 1. The van der Waals surface area contributed by atoms with E-state index in [-0.39, 0.29) is 5.91 Å². The average Bonchev–Trinajstić information content (AvgIpc) is 2.24. The van der Waals surface area contributed by atoms with Crippen molar-refractivity contribution in [2.24, 2.45) is 17.8 Å². The molecule has 1 amide bonds. The lowest BCUT2D eigenvalue weighted by atomic mass is 9.56. The molecule has 0 radical (unpaired) electrons. The predicted octanol–water partition coefficient (Wildman–Crippen LogP) is 2.43. The first kappa shape index (κ1) is 10.9. The number of hydrogen-bond acceptors (Lipinski definition) is 2. The van der Waals surface area contributed by atoms with Crippen molar-refractivity contribution in [1.29, 1.82) is 0 Å². The van der Waals surface area contributed by atoms with Crippen LogP contribution in [0.15, 0.2) is 0 Å². The maximum absolute atomic E-state index is 11.4. The van der Waals surface area contributed by atoms with Crippen LogP contribution < -0.4 is 5.32 Å². The number of carbonyl (C=O) groups is 1. The highest BCUT2D eigenvalue weighted by atomic mass is 32.2. The molecule has 0 saturated heterocycles. The Labute approximate surface area is 102 Å². The third-order valence-corrected chi connectivity index (χ3v) is 6.29. The Bertz CT molecular complexity index is 267. The van der Waals surface area contributed by atoms with Gasteiger partial charge in [0.2, 0.25) is 5.91 Å². The van der Waals surface area contributed by atoms with Crippen LogP contribution in [0.4, 0.5) is 0 Å². The molecule has 4 bridgehead atoms. The fraction of sp³-hybridized carbons (Fsp3) is 0.923. The largest absolute Gasteiger partial charge is 0.358 e. The Balaban J connectivity index is 1.67. The van der Waals surface area contributed by atoms with Crippen molar-refractivity contribution in [3.05, 3.63) is 0 Å². The van der Waals surface area contributed by atoms with E-state index in [2.05, 4.69) is 5.32 Å². The number of thioether (sulfide) groups is 1. The highest BCUT2D eigenvalue weighted by Crippen LogP contribution is 2.60. The summed E-state index contributed by atoms with van der Waals surface area (Å²) in [7, 11) is 1.74. The van der Waals surface area contributed by atoms with Gasteiger partial charge in [-0.3, -0.25) is 4.79 Å². The zero-order valence-electron chi connectivity index (χ0n) is 10.00. The van der Waals surface area contributed by atoms with E-state index < -0.39 is 0 Å². The summed E-state index contributed by atoms with van der Waals surface area (Å²) >= 11 is 1.95. The first-order chi connectivity index (χ1) is 7.69. The van der Waals surface area contributed by atoms with E-state index in [1.54, 1.807) is 7.05 Å². The van der Waals surface area contributed by atoms with Gasteiger partial charge < -0.3 is 5.32 Å². The van der Waals surface area contributed by atoms with Crippen molar-refractivity contribution >= 4 is 17.7 Å². The van der Waals surface area contributed by atoms with Crippen molar-refractivity contribution in [1.82, 2.24) is 5.32 Å². The van der Waals surface area contributed by atoms with Gasteiger partial charge in [0.25, 0.3) is 0 Å². The van der Waals surface area contributed by atoms with Gasteiger partial charge in [0.15, 0.2) is 0 Å². The van der Waals surface area contributed by atoms with Crippen LogP contribution in [0.2, 0.25) is 0 Å². The van der Waals surface area contributed by atoms with Crippen LogP contribution in [0, 0.1) is 17.8 Å². The molecule has 4 fully saturated rings. The standard InChI is InChI=1S/C13H21NOS/c1-14-12(15)8-16-13-5-9-2-10(6-13)4-11(3-9)7-13/h9-11H,2-8H2,1H3,(H,14,15). The summed E-state index contributed by atoms with van der Waals surface area (Å²) in [5.41, 5.74) is 0. The van der Waals surface area contributed by atoms with Crippen LogP contribution >= 0.6 is 11.8 Å². The lowest BCUT2D eigenvalue weighted by molar-refractivity contribution is -0.118. The molecule has 3 heteroatoms. The number of rotatable bonds is 3. The molecule has 4 aliphatic carbocycles. The molecular weight excluding hydrogens is 218 g/mol. The fourth-order valence-corrected chi connectivity index (χ4v) is 6.14. The summed E-state index contributed by atoms with van der Waals surface area (Å²) in [6.07, 6.45) is 8.63. The zero-order chi connectivity index (χ0) is 11.2. The highest BCUT2D eigenvalue weighted by molar-refractivity contribution is 8.01. The molecule has 4 saturated carbocycles. The highest BCUT2D eigenvalue weighted by Gasteiger charge is 2.51. The van der Waals surface area contributed by atoms with Gasteiger partial charge in [0, 0.05) is 11.8 Å². The van der Waals surface area contributed by atoms with E-state index in [4.69, 9.17) is 0 Å². The van der Waals surface area contributed by atoms with E-state index in [0.717, 1.165) is 17.8 Å². The number of amides is 1. The minimum absolute atomic E-state index is 0.195. The van der Waals surface area contributed by atoms with Gasteiger partial charge in [0.1, 0.15) is 0 Å². The van der Waals surface area contributed by atoms with E-state index in [9.17, 15) is 4.79 Å². The molecule has 0 aliphatic heterocycles. The predicted molar refractivity (Wildman–Crippen MR) is 67.4 cm³/mol. The minimum Gasteiger partial charge on any atom is -0.358 e. The maximum atomic E-state index is 11.4. The summed E-state index contributed by atoms with van der Waals surface area (Å²) < 4.78 is 0.487. The van der Waals surface area contributed by atoms with Gasteiger partial charge in [-0.05, 0) is 56.3 Å². The Morgan fingerprint density at radius 2 is 1.69 bits per heavy atom. The molecule has 4 aliphatic rings. The molecule has 2 nitrogen and oxygen atoms in total. The van der Waals surface area contributed by atoms with Gasteiger partial charge in [-0.2, -0.15) is 0 Å². The molecule has 0 atom stereocenters. The third-order valence-electron chi connectivity index (χ3n) is 4.77. The SMILES string of the molecule is CNC(=O)CSC12CC3CC(CC(C3)C1)C2. The molecule has 0 aromatic rings.